The van der Waals surface area contributed by atoms with Gasteiger partial charge in [0.15, 0.2) is 0 Å². The maximum atomic E-state index is 12.7. The topological polar surface area (TPSA) is 84.1 Å². The predicted molar refractivity (Wildman–Crippen MR) is 148 cm³/mol. The van der Waals surface area contributed by atoms with Gasteiger partial charge in [0, 0.05) is 25.1 Å². The summed E-state index contributed by atoms with van der Waals surface area (Å²) in [6, 6.07) is 16.6. The third kappa shape index (κ3) is 5.20. The number of ether oxygens (including phenoxy) is 2. The molecule has 2 aliphatic carbocycles. The molecule has 0 bridgehead atoms. The van der Waals surface area contributed by atoms with Gasteiger partial charge in [-0.1, -0.05) is 48.7 Å². The van der Waals surface area contributed by atoms with Gasteiger partial charge in [-0.2, -0.15) is 5.10 Å². The van der Waals surface area contributed by atoms with Gasteiger partial charge in [-0.3, -0.25) is 4.68 Å². The molecule has 0 aliphatic heterocycles. The van der Waals surface area contributed by atoms with Gasteiger partial charge >= 0.3 is 5.97 Å². The first-order valence-electron chi connectivity index (χ1n) is 13.9. The van der Waals surface area contributed by atoms with E-state index in [2.05, 4.69) is 52.7 Å². The van der Waals surface area contributed by atoms with E-state index in [4.69, 9.17) is 9.47 Å². The summed E-state index contributed by atoms with van der Waals surface area (Å²) in [5.74, 6) is 1.45. The molecular formula is C31H35N5O3. The molecule has 3 atom stereocenters. The Bertz CT molecular complexity index is 1470. The summed E-state index contributed by atoms with van der Waals surface area (Å²) < 4.78 is 15.1. The van der Waals surface area contributed by atoms with Crippen molar-refractivity contribution >= 4 is 5.97 Å². The lowest BCUT2D eigenvalue weighted by molar-refractivity contribution is 0.0599. The van der Waals surface area contributed by atoms with Crippen LogP contribution in [0.2, 0.25) is 0 Å². The van der Waals surface area contributed by atoms with E-state index in [0.717, 1.165) is 40.4 Å². The highest BCUT2D eigenvalue weighted by atomic mass is 16.5. The van der Waals surface area contributed by atoms with Crippen LogP contribution in [0.15, 0.2) is 60.9 Å². The van der Waals surface area contributed by atoms with Crippen molar-refractivity contribution in [1.82, 2.24) is 24.8 Å². The zero-order valence-corrected chi connectivity index (χ0v) is 22.8. The molecule has 8 nitrogen and oxygen atoms in total. The molecule has 6 rings (SSSR count). The summed E-state index contributed by atoms with van der Waals surface area (Å²) in [5.41, 5.74) is 5.31. The molecule has 0 spiro atoms. The van der Waals surface area contributed by atoms with E-state index < -0.39 is 0 Å². The fourth-order valence-electron chi connectivity index (χ4n) is 6.03. The second-order valence-corrected chi connectivity index (χ2v) is 10.9. The Morgan fingerprint density at radius 1 is 1.03 bits per heavy atom. The van der Waals surface area contributed by atoms with E-state index in [1.807, 2.05) is 36.1 Å². The van der Waals surface area contributed by atoms with Crippen molar-refractivity contribution in [3.05, 3.63) is 77.9 Å². The number of carbonyl (C=O) groups excluding carboxylic acids is 1. The van der Waals surface area contributed by atoms with Gasteiger partial charge in [0.2, 0.25) is 0 Å². The normalized spacial score (nSPS) is 20.0. The van der Waals surface area contributed by atoms with Gasteiger partial charge < -0.3 is 9.47 Å². The molecule has 0 N–H and O–H groups in total. The van der Waals surface area contributed by atoms with Crippen molar-refractivity contribution in [2.24, 2.45) is 13.0 Å². The van der Waals surface area contributed by atoms with Crippen LogP contribution in [0, 0.1) is 5.92 Å². The molecule has 202 valence electrons. The molecule has 0 radical (unpaired) electrons. The van der Waals surface area contributed by atoms with Crippen LogP contribution in [-0.2, 0) is 11.8 Å². The molecule has 2 aromatic heterocycles. The third-order valence-corrected chi connectivity index (χ3v) is 8.25. The second kappa shape index (κ2) is 10.7. The minimum absolute atomic E-state index is 0.111. The van der Waals surface area contributed by atoms with Crippen molar-refractivity contribution in [3.8, 4) is 22.6 Å². The first-order valence-corrected chi connectivity index (χ1v) is 13.9. The largest absolute Gasteiger partial charge is 0.490 e. The van der Waals surface area contributed by atoms with Gasteiger partial charge in [-0.25, -0.2) is 9.48 Å². The van der Waals surface area contributed by atoms with E-state index in [9.17, 15) is 4.79 Å². The number of rotatable bonds is 8. The Balaban J connectivity index is 1.29. The molecule has 2 aromatic carbocycles. The number of esters is 1. The van der Waals surface area contributed by atoms with Gasteiger partial charge in [0.1, 0.15) is 11.3 Å². The number of nitrogens with zero attached hydrogens (tertiary/aromatic N) is 5. The first-order chi connectivity index (χ1) is 19.0. The standard InChI is InChI=1S/C31H35N5O3/c1-20(21-9-5-4-6-10-21)39-25-14-8-12-23(16-25)22-11-7-13-24(15-22)36-30(28(18-32-36)31(37)38-3)27-17-26(27)29-19-35(2)34-33-29/h7-8,11-16,18-21,26-27H,4-6,9-10,17H2,1-3H3/t20-,26+,27+/m0/s1. The van der Waals surface area contributed by atoms with Gasteiger partial charge in [0.25, 0.3) is 0 Å². The number of hydrogen-bond acceptors (Lipinski definition) is 6. The predicted octanol–water partition coefficient (Wildman–Crippen LogP) is 6.07. The van der Waals surface area contributed by atoms with Crippen LogP contribution in [0.25, 0.3) is 16.8 Å². The summed E-state index contributed by atoms with van der Waals surface area (Å²) in [7, 11) is 3.27. The van der Waals surface area contributed by atoms with E-state index in [1.165, 1.54) is 39.2 Å². The highest BCUT2D eigenvalue weighted by molar-refractivity contribution is 5.91. The molecule has 4 aromatic rings. The fraction of sp³-hybridized carbons (Fsp3) is 0.419. The van der Waals surface area contributed by atoms with Crippen molar-refractivity contribution in [1.29, 1.82) is 0 Å². The maximum absolute atomic E-state index is 12.7. The average molecular weight is 526 g/mol. The number of methoxy groups -OCH3 is 1. The fourth-order valence-corrected chi connectivity index (χ4v) is 6.03. The van der Waals surface area contributed by atoms with Gasteiger partial charge in [-0.05, 0) is 67.5 Å². The molecule has 8 heteroatoms. The summed E-state index contributed by atoms with van der Waals surface area (Å²) in [5, 5.41) is 13.0. The molecule has 2 saturated carbocycles. The van der Waals surface area contributed by atoms with E-state index >= 15 is 0 Å². The molecular weight excluding hydrogens is 490 g/mol. The molecule has 2 fully saturated rings. The van der Waals surface area contributed by atoms with Crippen molar-refractivity contribution in [2.45, 2.75) is 63.4 Å². The lowest BCUT2D eigenvalue weighted by atomic mass is 9.86. The van der Waals surface area contributed by atoms with Crippen LogP contribution in [-0.4, -0.2) is 44.0 Å². The minimum atomic E-state index is -0.380. The number of aryl methyl sites for hydroxylation is 1. The summed E-state index contributed by atoms with van der Waals surface area (Å²) >= 11 is 0. The lowest BCUT2D eigenvalue weighted by Gasteiger charge is -2.28. The summed E-state index contributed by atoms with van der Waals surface area (Å²) in [6.45, 7) is 2.20. The maximum Gasteiger partial charge on any atom is 0.341 e. The molecule has 39 heavy (non-hydrogen) atoms. The van der Waals surface area contributed by atoms with Crippen LogP contribution in [0.4, 0.5) is 0 Å². The zero-order chi connectivity index (χ0) is 26.9. The Kier molecular flexibility index (Phi) is 6.94. The van der Waals surface area contributed by atoms with Crippen molar-refractivity contribution in [3.63, 3.8) is 0 Å². The molecule has 2 heterocycles. The quantitative estimate of drug-likeness (QED) is 0.260. The second-order valence-electron chi connectivity index (χ2n) is 10.9. The highest BCUT2D eigenvalue weighted by Gasteiger charge is 2.46. The monoisotopic (exact) mass is 525 g/mol. The van der Waals surface area contributed by atoms with Crippen LogP contribution < -0.4 is 4.74 Å². The Hall–Kier alpha value is -3.94. The Morgan fingerprint density at radius 3 is 2.54 bits per heavy atom. The molecule has 0 unspecified atom stereocenters. The zero-order valence-electron chi connectivity index (χ0n) is 22.8. The van der Waals surface area contributed by atoms with Crippen LogP contribution in [0.1, 0.15) is 79.0 Å². The van der Waals surface area contributed by atoms with Crippen LogP contribution in [0.3, 0.4) is 0 Å². The van der Waals surface area contributed by atoms with Gasteiger partial charge in [-0.15, -0.1) is 5.10 Å². The number of hydrogen-bond donors (Lipinski definition) is 0. The van der Waals surface area contributed by atoms with E-state index in [-0.39, 0.29) is 23.9 Å². The highest BCUT2D eigenvalue weighted by Crippen LogP contribution is 2.55. The van der Waals surface area contributed by atoms with Gasteiger partial charge in [0.05, 0.1) is 36.5 Å². The van der Waals surface area contributed by atoms with Crippen LogP contribution >= 0.6 is 0 Å². The van der Waals surface area contributed by atoms with Crippen molar-refractivity contribution < 1.29 is 14.3 Å². The van der Waals surface area contributed by atoms with Crippen molar-refractivity contribution in [2.75, 3.05) is 7.11 Å². The minimum Gasteiger partial charge on any atom is -0.490 e. The Labute approximate surface area is 228 Å². The molecule has 0 saturated heterocycles. The molecule has 0 amide bonds. The third-order valence-electron chi connectivity index (χ3n) is 8.25. The van der Waals surface area contributed by atoms with E-state index in [0.29, 0.717) is 11.5 Å². The lowest BCUT2D eigenvalue weighted by Crippen LogP contribution is -2.25. The smallest absolute Gasteiger partial charge is 0.341 e. The summed E-state index contributed by atoms with van der Waals surface area (Å²) in [6.07, 6.45) is 11.1. The average Bonchev–Trinajstić information content (AvgIpc) is 3.42. The summed E-state index contributed by atoms with van der Waals surface area (Å²) in [4.78, 5) is 12.7. The Morgan fingerprint density at radius 2 is 1.79 bits per heavy atom. The SMILES string of the molecule is COC(=O)c1cnn(-c2cccc(-c3cccc(O[C@@H](C)C4CCCCC4)c3)c2)c1[C@@H]1C[C@H]1c1cn(C)nn1. The number of benzene rings is 2. The van der Waals surface area contributed by atoms with Crippen LogP contribution in [0.5, 0.6) is 5.75 Å². The molecule has 2 aliphatic rings. The van der Waals surface area contributed by atoms with E-state index in [1.54, 1.807) is 10.9 Å². The number of carbonyl (C=O) groups is 1. The number of aromatic nitrogens is 5. The first kappa shape index (κ1) is 25.3.